The van der Waals surface area contributed by atoms with Crippen LogP contribution in [0.2, 0.25) is 0 Å². The second kappa shape index (κ2) is 7.49. The molecule has 0 spiro atoms. The molecule has 0 aromatic carbocycles. The van der Waals surface area contributed by atoms with Crippen molar-refractivity contribution in [1.82, 2.24) is 20.5 Å². The van der Waals surface area contributed by atoms with Crippen molar-refractivity contribution in [3.63, 3.8) is 0 Å². The van der Waals surface area contributed by atoms with Gasteiger partial charge in [-0.2, -0.15) is 0 Å². The summed E-state index contributed by atoms with van der Waals surface area (Å²) < 4.78 is 0. The Hall–Kier alpha value is -1.34. The van der Waals surface area contributed by atoms with Crippen LogP contribution in [-0.4, -0.2) is 32.4 Å². The van der Waals surface area contributed by atoms with Gasteiger partial charge in [-0.1, -0.05) is 37.6 Å². The molecule has 23 heavy (non-hydrogen) atoms. The first-order valence-corrected chi connectivity index (χ1v) is 9.82. The van der Waals surface area contributed by atoms with Gasteiger partial charge in [0, 0.05) is 6.04 Å². The maximum absolute atomic E-state index is 12.4. The van der Waals surface area contributed by atoms with Crippen molar-refractivity contribution < 1.29 is 4.79 Å². The SMILES string of the molecule is C[C@@H]1CCCC[C@H]1NC(=O)[C@@H](C)Sc1n[nH]c(-c2cccs2)n1. The number of hydrogen-bond acceptors (Lipinski definition) is 5. The molecule has 0 radical (unpaired) electrons. The van der Waals surface area contributed by atoms with Crippen LogP contribution in [0, 0.1) is 5.92 Å². The van der Waals surface area contributed by atoms with Crippen LogP contribution < -0.4 is 5.32 Å². The molecule has 1 amide bonds. The molecule has 1 aliphatic carbocycles. The first kappa shape index (κ1) is 16.5. The lowest BCUT2D eigenvalue weighted by Crippen LogP contribution is -2.44. The van der Waals surface area contributed by atoms with E-state index in [0.29, 0.717) is 17.1 Å². The fourth-order valence-electron chi connectivity index (χ4n) is 2.87. The maximum atomic E-state index is 12.4. The van der Waals surface area contributed by atoms with E-state index < -0.39 is 0 Å². The van der Waals surface area contributed by atoms with E-state index in [2.05, 4.69) is 27.4 Å². The van der Waals surface area contributed by atoms with Crippen LogP contribution in [-0.2, 0) is 4.79 Å². The lowest BCUT2D eigenvalue weighted by molar-refractivity contribution is -0.121. The highest BCUT2D eigenvalue weighted by atomic mass is 32.2. The average Bonchev–Trinajstić information content (AvgIpc) is 3.20. The van der Waals surface area contributed by atoms with Crippen LogP contribution >= 0.6 is 23.1 Å². The van der Waals surface area contributed by atoms with E-state index in [4.69, 9.17) is 0 Å². The van der Waals surface area contributed by atoms with Gasteiger partial charge in [0.1, 0.15) is 0 Å². The summed E-state index contributed by atoms with van der Waals surface area (Å²) in [6, 6.07) is 4.30. The molecule has 0 saturated heterocycles. The summed E-state index contributed by atoms with van der Waals surface area (Å²) >= 11 is 3.01. The average molecular weight is 351 g/mol. The summed E-state index contributed by atoms with van der Waals surface area (Å²) in [5.41, 5.74) is 0. The van der Waals surface area contributed by atoms with Crippen molar-refractivity contribution in [2.75, 3.05) is 0 Å². The zero-order chi connectivity index (χ0) is 16.2. The normalized spacial score (nSPS) is 22.7. The van der Waals surface area contributed by atoms with E-state index in [0.717, 1.165) is 17.1 Å². The Kier molecular flexibility index (Phi) is 5.38. The van der Waals surface area contributed by atoms with Gasteiger partial charge >= 0.3 is 0 Å². The van der Waals surface area contributed by atoms with Gasteiger partial charge in [-0.3, -0.25) is 9.89 Å². The van der Waals surface area contributed by atoms with Gasteiger partial charge in [-0.15, -0.1) is 16.4 Å². The third-order valence-electron chi connectivity index (χ3n) is 4.31. The van der Waals surface area contributed by atoms with Crippen LogP contribution in [0.15, 0.2) is 22.7 Å². The fourth-order valence-corrected chi connectivity index (χ4v) is 4.26. The zero-order valence-corrected chi connectivity index (χ0v) is 15.0. The Balaban J connectivity index is 1.56. The highest BCUT2D eigenvalue weighted by Crippen LogP contribution is 2.27. The van der Waals surface area contributed by atoms with E-state index in [-0.39, 0.29) is 11.2 Å². The molecule has 2 heterocycles. The number of aromatic nitrogens is 3. The van der Waals surface area contributed by atoms with Crippen molar-refractivity contribution in [1.29, 1.82) is 0 Å². The molecule has 7 heteroatoms. The van der Waals surface area contributed by atoms with Crippen molar-refractivity contribution in [2.45, 2.75) is 56.0 Å². The molecule has 1 aliphatic rings. The Morgan fingerprint density at radius 2 is 2.30 bits per heavy atom. The monoisotopic (exact) mass is 350 g/mol. The van der Waals surface area contributed by atoms with Gasteiger partial charge in [0.05, 0.1) is 10.1 Å². The molecule has 2 aromatic rings. The van der Waals surface area contributed by atoms with Gasteiger partial charge in [0.2, 0.25) is 11.1 Å². The third-order valence-corrected chi connectivity index (χ3v) is 6.15. The smallest absolute Gasteiger partial charge is 0.233 e. The Labute approximate surface area is 144 Å². The fraction of sp³-hybridized carbons (Fsp3) is 0.562. The van der Waals surface area contributed by atoms with Crippen LogP contribution in [0.4, 0.5) is 0 Å². The van der Waals surface area contributed by atoms with Gasteiger partial charge < -0.3 is 5.32 Å². The summed E-state index contributed by atoms with van der Waals surface area (Å²) in [6.07, 6.45) is 4.79. The van der Waals surface area contributed by atoms with Crippen LogP contribution in [0.1, 0.15) is 39.5 Å². The number of carbonyl (C=O) groups excluding carboxylic acids is 1. The summed E-state index contributed by atoms with van der Waals surface area (Å²) in [5, 5.41) is 12.8. The lowest BCUT2D eigenvalue weighted by atomic mass is 9.86. The third kappa shape index (κ3) is 4.14. The molecule has 3 atom stereocenters. The quantitative estimate of drug-likeness (QED) is 0.807. The number of amides is 1. The Morgan fingerprint density at radius 3 is 3.04 bits per heavy atom. The van der Waals surface area contributed by atoms with Crippen molar-refractivity contribution in [3.8, 4) is 10.7 Å². The summed E-state index contributed by atoms with van der Waals surface area (Å²) in [7, 11) is 0. The van der Waals surface area contributed by atoms with Gasteiger partial charge in [-0.25, -0.2) is 4.98 Å². The molecular formula is C16H22N4OS2. The predicted molar refractivity (Wildman–Crippen MR) is 94.6 cm³/mol. The number of thioether (sulfide) groups is 1. The van der Waals surface area contributed by atoms with Gasteiger partial charge in [0.25, 0.3) is 0 Å². The van der Waals surface area contributed by atoms with Crippen molar-refractivity contribution in [2.24, 2.45) is 5.92 Å². The lowest BCUT2D eigenvalue weighted by Gasteiger charge is -2.30. The Bertz CT molecular complexity index is 640. The number of nitrogens with one attached hydrogen (secondary N) is 2. The topological polar surface area (TPSA) is 70.7 Å². The molecule has 5 nitrogen and oxygen atoms in total. The number of thiophene rings is 1. The van der Waals surface area contributed by atoms with Crippen LogP contribution in [0.3, 0.4) is 0 Å². The maximum Gasteiger partial charge on any atom is 0.233 e. The molecule has 2 aromatic heterocycles. The van der Waals surface area contributed by atoms with Gasteiger partial charge in [0.15, 0.2) is 5.82 Å². The minimum Gasteiger partial charge on any atom is -0.352 e. The number of aromatic amines is 1. The number of nitrogens with zero attached hydrogens (tertiary/aromatic N) is 2. The Morgan fingerprint density at radius 1 is 1.48 bits per heavy atom. The van der Waals surface area contributed by atoms with E-state index in [1.165, 1.54) is 31.0 Å². The van der Waals surface area contributed by atoms with E-state index >= 15 is 0 Å². The van der Waals surface area contributed by atoms with Crippen molar-refractivity contribution >= 4 is 29.0 Å². The second-order valence-corrected chi connectivity index (χ2v) is 8.34. The van der Waals surface area contributed by atoms with Crippen LogP contribution in [0.5, 0.6) is 0 Å². The van der Waals surface area contributed by atoms with Gasteiger partial charge in [-0.05, 0) is 37.1 Å². The first-order valence-electron chi connectivity index (χ1n) is 8.07. The molecule has 2 N–H and O–H groups in total. The number of H-pyrrole nitrogens is 1. The second-order valence-electron chi connectivity index (χ2n) is 6.08. The number of rotatable bonds is 5. The summed E-state index contributed by atoms with van der Waals surface area (Å²) in [5.74, 6) is 1.41. The summed E-state index contributed by atoms with van der Waals surface area (Å²) in [6.45, 7) is 4.14. The standard InChI is InChI=1S/C16H22N4OS2/c1-10-6-3-4-7-12(10)17-15(21)11(2)23-16-18-14(19-20-16)13-8-5-9-22-13/h5,8-12H,3-4,6-7H2,1-2H3,(H,17,21)(H,18,19,20)/t10-,11-,12-/m1/s1. The predicted octanol–water partition coefficient (Wildman–Crippen LogP) is 3.71. The number of carbonyl (C=O) groups is 1. The van der Waals surface area contributed by atoms with E-state index in [9.17, 15) is 4.79 Å². The molecule has 0 aliphatic heterocycles. The van der Waals surface area contributed by atoms with Crippen molar-refractivity contribution in [3.05, 3.63) is 17.5 Å². The highest BCUT2D eigenvalue weighted by molar-refractivity contribution is 8.00. The molecule has 0 bridgehead atoms. The first-order chi connectivity index (χ1) is 11.1. The minimum absolute atomic E-state index is 0.0798. The largest absolute Gasteiger partial charge is 0.352 e. The van der Waals surface area contributed by atoms with E-state index in [1.807, 2.05) is 24.4 Å². The molecular weight excluding hydrogens is 328 g/mol. The molecule has 3 rings (SSSR count). The van der Waals surface area contributed by atoms with E-state index in [1.54, 1.807) is 11.3 Å². The number of hydrogen-bond donors (Lipinski definition) is 2. The molecule has 1 fully saturated rings. The minimum atomic E-state index is -0.198. The molecule has 1 saturated carbocycles. The zero-order valence-electron chi connectivity index (χ0n) is 13.4. The highest BCUT2D eigenvalue weighted by Gasteiger charge is 2.25. The van der Waals surface area contributed by atoms with Crippen LogP contribution in [0.25, 0.3) is 10.7 Å². The molecule has 0 unspecified atom stereocenters. The molecule has 124 valence electrons. The summed E-state index contributed by atoms with van der Waals surface area (Å²) in [4.78, 5) is 17.9.